The molecule has 0 aliphatic carbocycles. The van der Waals surface area contributed by atoms with Gasteiger partial charge in [0.05, 0.1) is 13.2 Å². The van der Waals surface area contributed by atoms with Gasteiger partial charge >= 0.3 is 5.56 Å². The second kappa shape index (κ2) is 8.16. The third kappa shape index (κ3) is 4.33. The molecule has 3 aromatic rings. The van der Waals surface area contributed by atoms with Gasteiger partial charge in [0.1, 0.15) is 5.75 Å². The number of anilines is 2. The molecule has 0 atom stereocenters. The quantitative estimate of drug-likeness (QED) is 0.688. The predicted octanol–water partition coefficient (Wildman–Crippen LogP) is 4.16. The molecule has 8 heteroatoms. The summed E-state index contributed by atoms with van der Waals surface area (Å²) in [6.07, 6.45) is 0.975. The monoisotopic (exact) mass is 389 g/mol. The summed E-state index contributed by atoms with van der Waals surface area (Å²) in [4.78, 5) is 15.4. The number of halogens is 3. The molecule has 0 spiro atoms. The van der Waals surface area contributed by atoms with Crippen LogP contribution in [0.25, 0.3) is 0 Å². The Bertz CT molecular complexity index is 1070. The first kappa shape index (κ1) is 19.5. The van der Waals surface area contributed by atoms with Gasteiger partial charge in [-0.2, -0.15) is 9.37 Å². The molecule has 0 radical (unpaired) electrons. The molecule has 0 aliphatic heterocycles. The summed E-state index contributed by atoms with van der Waals surface area (Å²) in [6.45, 7) is 4.23. The summed E-state index contributed by atoms with van der Waals surface area (Å²) in [6, 6.07) is 8.68. The van der Waals surface area contributed by atoms with E-state index in [4.69, 9.17) is 4.74 Å². The Labute approximate surface area is 159 Å². The minimum absolute atomic E-state index is 0.0141. The van der Waals surface area contributed by atoms with E-state index in [1.165, 1.54) is 10.6 Å². The van der Waals surface area contributed by atoms with E-state index in [0.717, 1.165) is 23.9 Å². The molecule has 0 amide bonds. The van der Waals surface area contributed by atoms with E-state index in [1.54, 1.807) is 12.1 Å². The lowest BCUT2D eigenvalue weighted by Crippen LogP contribution is -2.20. The van der Waals surface area contributed by atoms with Crippen molar-refractivity contribution >= 4 is 11.6 Å². The topological polar surface area (TPSA) is 56.1 Å². The number of nitrogens with one attached hydrogen (secondary N) is 1. The predicted molar refractivity (Wildman–Crippen MR) is 99.5 cm³/mol. The van der Waals surface area contributed by atoms with E-state index in [-0.39, 0.29) is 12.5 Å². The van der Waals surface area contributed by atoms with Gasteiger partial charge in [0, 0.05) is 11.9 Å². The fourth-order valence-electron chi connectivity index (χ4n) is 2.68. The summed E-state index contributed by atoms with van der Waals surface area (Å²) >= 11 is 0. The number of ether oxygens (including phenoxy) is 1. The zero-order valence-corrected chi connectivity index (χ0v) is 15.3. The Balaban J connectivity index is 1.95. The van der Waals surface area contributed by atoms with Gasteiger partial charge in [-0.25, -0.2) is 8.78 Å². The normalized spacial score (nSPS) is 10.8. The zero-order valence-electron chi connectivity index (χ0n) is 15.3. The first-order chi connectivity index (χ1) is 13.4. The van der Waals surface area contributed by atoms with E-state index < -0.39 is 23.0 Å². The van der Waals surface area contributed by atoms with Crippen molar-refractivity contribution in [3.05, 3.63) is 81.5 Å². The zero-order chi connectivity index (χ0) is 20.3. The number of benzene rings is 2. The molecule has 2 aromatic carbocycles. The van der Waals surface area contributed by atoms with Crippen molar-refractivity contribution in [1.82, 2.24) is 9.55 Å². The number of rotatable bonds is 6. The lowest BCUT2D eigenvalue weighted by Gasteiger charge is -2.16. The van der Waals surface area contributed by atoms with Crippen molar-refractivity contribution in [1.29, 1.82) is 0 Å². The molecule has 3 rings (SSSR count). The molecule has 0 fully saturated rings. The van der Waals surface area contributed by atoms with Gasteiger partial charge in [-0.1, -0.05) is 6.07 Å². The number of aryl methyl sites for hydroxylation is 1. The maximum absolute atomic E-state index is 13.8. The average Bonchev–Trinajstić information content (AvgIpc) is 2.64. The van der Waals surface area contributed by atoms with Crippen LogP contribution in [0.2, 0.25) is 0 Å². The van der Waals surface area contributed by atoms with Crippen LogP contribution in [-0.4, -0.2) is 16.2 Å². The molecule has 0 saturated heterocycles. The molecule has 0 unspecified atom stereocenters. The Kier molecular flexibility index (Phi) is 5.67. The largest absolute Gasteiger partial charge is 0.494 e. The molecular weight excluding hydrogens is 371 g/mol. The molecule has 28 heavy (non-hydrogen) atoms. The van der Waals surface area contributed by atoms with Gasteiger partial charge in [0.2, 0.25) is 11.8 Å². The van der Waals surface area contributed by atoms with Crippen LogP contribution in [0.1, 0.15) is 18.1 Å². The molecule has 0 aliphatic rings. The van der Waals surface area contributed by atoms with Gasteiger partial charge in [-0.3, -0.25) is 4.79 Å². The van der Waals surface area contributed by atoms with Crippen molar-refractivity contribution in [2.24, 2.45) is 0 Å². The van der Waals surface area contributed by atoms with Gasteiger partial charge in [-0.15, -0.1) is 0 Å². The maximum Gasteiger partial charge on any atom is 0.310 e. The van der Waals surface area contributed by atoms with Gasteiger partial charge in [0.15, 0.2) is 11.6 Å². The Morgan fingerprint density at radius 3 is 2.54 bits per heavy atom. The van der Waals surface area contributed by atoms with E-state index in [9.17, 15) is 18.0 Å². The molecule has 1 N–H and O–H groups in total. The minimum Gasteiger partial charge on any atom is -0.494 e. The second-order valence-corrected chi connectivity index (χ2v) is 6.13. The molecule has 0 saturated carbocycles. The molecule has 1 heterocycles. The summed E-state index contributed by atoms with van der Waals surface area (Å²) in [7, 11) is 0. The standard InChI is InChI=1S/C20H18F3N3O2/c1-3-28-14-5-7-18(12(2)8-14)24-20-25-19(27)17(23)11-26(20)10-13-4-6-15(21)16(22)9-13/h4-9,11H,3,10H2,1-2H3,(H,24,25,27). The van der Waals surface area contributed by atoms with Crippen molar-refractivity contribution in [3.63, 3.8) is 0 Å². The number of hydrogen-bond donors (Lipinski definition) is 1. The van der Waals surface area contributed by atoms with Gasteiger partial charge in [0.25, 0.3) is 0 Å². The minimum atomic E-state index is -1.04. The van der Waals surface area contributed by atoms with Crippen LogP contribution in [0.5, 0.6) is 5.75 Å². The van der Waals surface area contributed by atoms with Crippen LogP contribution in [-0.2, 0) is 6.54 Å². The van der Waals surface area contributed by atoms with E-state index in [2.05, 4.69) is 10.3 Å². The lowest BCUT2D eigenvalue weighted by atomic mass is 10.2. The lowest BCUT2D eigenvalue weighted by molar-refractivity contribution is 0.340. The number of hydrogen-bond acceptors (Lipinski definition) is 4. The highest BCUT2D eigenvalue weighted by Crippen LogP contribution is 2.24. The van der Waals surface area contributed by atoms with Crippen LogP contribution in [0.15, 0.2) is 47.4 Å². The molecule has 0 bridgehead atoms. The van der Waals surface area contributed by atoms with Crippen LogP contribution in [0, 0.1) is 24.4 Å². The van der Waals surface area contributed by atoms with Crippen molar-refractivity contribution < 1.29 is 17.9 Å². The summed E-state index contributed by atoms with van der Waals surface area (Å²) in [5.41, 5.74) is 0.827. The van der Waals surface area contributed by atoms with Crippen molar-refractivity contribution in [2.75, 3.05) is 11.9 Å². The highest BCUT2D eigenvalue weighted by molar-refractivity contribution is 5.60. The Morgan fingerprint density at radius 1 is 1.07 bits per heavy atom. The van der Waals surface area contributed by atoms with E-state index >= 15 is 0 Å². The average molecular weight is 389 g/mol. The Hall–Kier alpha value is -3.29. The fourth-order valence-corrected chi connectivity index (χ4v) is 2.68. The van der Waals surface area contributed by atoms with Crippen molar-refractivity contribution in [2.45, 2.75) is 20.4 Å². The fraction of sp³-hybridized carbons (Fsp3) is 0.200. The molecule has 146 valence electrons. The summed E-state index contributed by atoms with van der Waals surface area (Å²) in [5.74, 6) is -2.27. The molecule has 1 aromatic heterocycles. The first-order valence-corrected chi connectivity index (χ1v) is 8.58. The van der Waals surface area contributed by atoms with Gasteiger partial charge < -0.3 is 14.6 Å². The van der Waals surface area contributed by atoms with Crippen LogP contribution >= 0.6 is 0 Å². The Morgan fingerprint density at radius 2 is 1.86 bits per heavy atom. The van der Waals surface area contributed by atoms with E-state index in [0.29, 0.717) is 23.6 Å². The number of aromatic nitrogens is 2. The summed E-state index contributed by atoms with van der Waals surface area (Å²) < 4.78 is 47.2. The SMILES string of the molecule is CCOc1ccc(Nc2nc(=O)c(F)cn2Cc2ccc(F)c(F)c2)c(C)c1. The first-order valence-electron chi connectivity index (χ1n) is 8.58. The van der Waals surface area contributed by atoms with Crippen molar-refractivity contribution in [3.8, 4) is 5.75 Å². The molecule has 5 nitrogen and oxygen atoms in total. The molecular formula is C20H18F3N3O2. The third-order valence-corrected chi connectivity index (χ3v) is 4.05. The second-order valence-electron chi connectivity index (χ2n) is 6.13. The highest BCUT2D eigenvalue weighted by atomic mass is 19.2. The van der Waals surface area contributed by atoms with Crippen LogP contribution < -0.4 is 15.6 Å². The van der Waals surface area contributed by atoms with Crippen LogP contribution in [0.3, 0.4) is 0 Å². The van der Waals surface area contributed by atoms with E-state index in [1.807, 2.05) is 19.9 Å². The smallest absolute Gasteiger partial charge is 0.310 e. The highest BCUT2D eigenvalue weighted by Gasteiger charge is 2.12. The maximum atomic E-state index is 13.8. The van der Waals surface area contributed by atoms with Crippen LogP contribution in [0.4, 0.5) is 24.8 Å². The summed E-state index contributed by atoms with van der Waals surface area (Å²) in [5, 5.41) is 2.99. The third-order valence-electron chi connectivity index (χ3n) is 4.05. The van der Waals surface area contributed by atoms with Gasteiger partial charge in [-0.05, 0) is 55.3 Å². The number of nitrogens with zero attached hydrogens (tertiary/aromatic N) is 2.